The van der Waals surface area contributed by atoms with E-state index < -0.39 is 0 Å². The molecule has 0 atom stereocenters. The summed E-state index contributed by atoms with van der Waals surface area (Å²) < 4.78 is 13.2. The zero-order chi connectivity index (χ0) is 12.5. The molecule has 0 saturated carbocycles. The van der Waals surface area contributed by atoms with Gasteiger partial charge in [-0.1, -0.05) is 13.8 Å². The van der Waals surface area contributed by atoms with Crippen molar-refractivity contribution < 1.29 is 4.39 Å². The highest BCUT2D eigenvalue weighted by molar-refractivity contribution is 5.46. The number of rotatable bonds is 2. The molecule has 0 radical (unpaired) electrons. The van der Waals surface area contributed by atoms with Crippen molar-refractivity contribution >= 4 is 5.69 Å². The molecule has 1 aliphatic heterocycles. The third-order valence-electron chi connectivity index (χ3n) is 3.48. The Balaban J connectivity index is 2.07. The highest BCUT2D eigenvalue weighted by atomic mass is 19.1. The summed E-state index contributed by atoms with van der Waals surface area (Å²) in [7, 11) is 0. The molecule has 0 aromatic heterocycles. The molecule has 1 aromatic carbocycles. The van der Waals surface area contributed by atoms with Gasteiger partial charge in [-0.3, -0.25) is 4.90 Å². The molecule has 0 bridgehead atoms. The first kappa shape index (κ1) is 12.4. The van der Waals surface area contributed by atoms with Gasteiger partial charge in [-0.15, -0.1) is 0 Å². The molecular formula is C14H21FN2. The van der Waals surface area contributed by atoms with Gasteiger partial charge in [-0.2, -0.15) is 0 Å². The van der Waals surface area contributed by atoms with Crippen molar-refractivity contribution in [1.29, 1.82) is 0 Å². The quantitative estimate of drug-likeness (QED) is 0.800. The molecule has 94 valence electrons. The number of halogens is 1. The lowest BCUT2D eigenvalue weighted by Crippen LogP contribution is -2.39. The number of hydrogen-bond acceptors (Lipinski definition) is 2. The summed E-state index contributed by atoms with van der Waals surface area (Å²) in [6, 6.07) is 4.62. The molecule has 1 aromatic rings. The number of likely N-dealkylation sites (tertiary alicyclic amines) is 1. The Kier molecular flexibility index (Phi) is 3.38. The maximum Gasteiger partial charge on any atom is 0.123 e. The lowest BCUT2D eigenvalue weighted by Gasteiger charge is -2.38. The smallest absolute Gasteiger partial charge is 0.123 e. The Morgan fingerprint density at radius 1 is 1.41 bits per heavy atom. The summed E-state index contributed by atoms with van der Waals surface area (Å²) in [5, 5.41) is 0. The maximum absolute atomic E-state index is 13.2. The Hall–Kier alpha value is -1.09. The van der Waals surface area contributed by atoms with Crippen molar-refractivity contribution in [3.8, 4) is 0 Å². The molecular weight excluding hydrogens is 215 g/mol. The Labute approximate surface area is 103 Å². The minimum atomic E-state index is -0.203. The predicted octanol–water partition coefficient (Wildman–Crippen LogP) is 3.03. The Bertz CT molecular complexity index is 401. The van der Waals surface area contributed by atoms with Crippen molar-refractivity contribution in [2.75, 3.05) is 18.8 Å². The first-order chi connectivity index (χ1) is 7.96. The highest BCUT2D eigenvalue weighted by Crippen LogP contribution is 2.29. The lowest BCUT2D eigenvalue weighted by molar-refractivity contribution is 0.112. The van der Waals surface area contributed by atoms with E-state index in [4.69, 9.17) is 5.73 Å². The molecule has 0 amide bonds. The fourth-order valence-electron chi connectivity index (χ4n) is 2.63. The zero-order valence-electron chi connectivity index (χ0n) is 10.7. The fourth-order valence-corrected chi connectivity index (χ4v) is 2.63. The summed E-state index contributed by atoms with van der Waals surface area (Å²) in [5.41, 5.74) is 7.84. The molecule has 0 spiro atoms. The highest BCUT2D eigenvalue weighted by Gasteiger charge is 2.26. The van der Waals surface area contributed by atoms with E-state index in [0.717, 1.165) is 25.2 Å². The molecule has 1 aliphatic rings. The topological polar surface area (TPSA) is 29.3 Å². The molecule has 1 saturated heterocycles. The van der Waals surface area contributed by atoms with Gasteiger partial charge in [0.2, 0.25) is 0 Å². The van der Waals surface area contributed by atoms with E-state index in [9.17, 15) is 4.39 Å². The monoisotopic (exact) mass is 236 g/mol. The fraction of sp³-hybridized carbons (Fsp3) is 0.571. The number of hydrogen-bond donors (Lipinski definition) is 1. The summed E-state index contributed by atoms with van der Waals surface area (Å²) in [6.45, 7) is 7.47. The van der Waals surface area contributed by atoms with E-state index in [0.29, 0.717) is 11.1 Å². The van der Waals surface area contributed by atoms with Gasteiger partial charge in [0.15, 0.2) is 0 Å². The molecule has 0 aliphatic carbocycles. The van der Waals surface area contributed by atoms with Crippen molar-refractivity contribution in [1.82, 2.24) is 4.90 Å². The second kappa shape index (κ2) is 4.65. The van der Waals surface area contributed by atoms with Gasteiger partial charge in [0.1, 0.15) is 5.82 Å². The van der Waals surface area contributed by atoms with Crippen LogP contribution in [-0.2, 0) is 6.54 Å². The van der Waals surface area contributed by atoms with Crippen LogP contribution in [0.3, 0.4) is 0 Å². The molecule has 1 heterocycles. The summed E-state index contributed by atoms with van der Waals surface area (Å²) in [6.07, 6.45) is 2.48. The van der Waals surface area contributed by atoms with Crippen LogP contribution < -0.4 is 5.73 Å². The van der Waals surface area contributed by atoms with Crippen LogP contribution in [0.2, 0.25) is 0 Å². The molecule has 2 rings (SSSR count). The van der Waals surface area contributed by atoms with Gasteiger partial charge in [-0.05, 0) is 48.6 Å². The number of benzene rings is 1. The van der Waals surface area contributed by atoms with Crippen LogP contribution in [0.5, 0.6) is 0 Å². The van der Waals surface area contributed by atoms with Crippen LogP contribution in [0, 0.1) is 11.2 Å². The summed E-state index contributed by atoms with van der Waals surface area (Å²) in [4.78, 5) is 2.37. The van der Waals surface area contributed by atoms with Gasteiger partial charge < -0.3 is 5.73 Å². The van der Waals surface area contributed by atoms with E-state index in [1.54, 1.807) is 12.1 Å². The van der Waals surface area contributed by atoms with Gasteiger partial charge in [0.05, 0.1) is 0 Å². The van der Waals surface area contributed by atoms with Gasteiger partial charge in [0.25, 0.3) is 0 Å². The number of piperidine rings is 1. The molecule has 0 unspecified atom stereocenters. The SMILES string of the molecule is CC1(C)CCCN(Cc2cc(F)ccc2N)C1. The third kappa shape index (κ3) is 3.19. The van der Waals surface area contributed by atoms with E-state index in [1.165, 1.54) is 18.9 Å². The van der Waals surface area contributed by atoms with E-state index in [1.807, 2.05) is 0 Å². The van der Waals surface area contributed by atoms with E-state index >= 15 is 0 Å². The van der Waals surface area contributed by atoms with Gasteiger partial charge >= 0.3 is 0 Å². The minimum absolute atomic E-state index is 0.203. The largest absolute Gasteiger partial charge is 0.398 e. The second-order valence-electron chi connectivity index (χ2n) is 5.82. The predicted molar refractivity (Wildman–Crippen MR) is 69.1 cm³/mol. The minimum Gasteiger partial charge on any atom is -0.398 e. The Morgan fingerprint density at radius 2 is 2.18 bits per heavy atom. The average Bonchev–Trinajstić information content (AvgIpc) is 2.22. The molecule has 2 N–H and O–H groups in total. The first-order valence-electron chi connectivity index (χ1n) is 6.23. The average molecular weight is 236 g/mol. The standard InChI is InChI=1S/C14H21FN2/c1-14(2)6-3-7-17(10-14)9-11-8-12(15)4-5-13(11)16/h4-5,8H,3,6-7,9-10,16H2,1-2H3. The lowest BCUT2D eigenvalue weighted by atomic mass is 9.84. The molecule has 1 fully saturated rings. The molecule has 3 heteroatoms. The van der Waals surface area contributed by atoms with Gasteiger partial charge in [0, 0.05) is 18.8 Å². The van der Waals surface area contributed by atoms with Crippen LogP contribution in [0.25, 0.3) is 0 Å². The van der Waals surface area contributed by atoms with Crippen molar-refractivity contribution in [3.05, 3.63) is 29.6 Å². The number of nitrogens with zero attached hydrogens (tertiary/aromatic N) is 1. The van der Waals surface area contributed by atoms with Crippen molar-refractivity contribution in [2.24, 2.45) is 5.41 Å². The first-order valence-corrected chi connectivity index (χ1v) is 6.23. The number of nitrogens with two attached hydrogens (primary N) is 1. The van der Waals surface area contributed by atoms with Crippen LogP contribution in [0.1, 0.15) is 32.3 Å². The second-order valence-corrected chi connectivity index (χ2v) is 5.82. The summed E-state index contributed by atoms with van der Waals surface area (Å²) >= 11 is 0. The molecule has 2 nitrogen and oxygen atoms in total. The molecule has 17 heavy (non-hydrogen) atoms. The van der Waals surface area contributed by atoms with E-state index in [2.05, 4.69) is 18.7 Å². The van der Waals surface area contributed by atoms with Gasteiger partial charge in [-0.25, -0.2) is 4.39 Å². The zero-order valence-corrected chi connectivity index (χ0v) is 10.7. The van der Waals surface area contributed by atoms with Crippen LogP contribution in [0.4, 0.5) is 10.1 Å². The number of anilines is 1. The van der Waals surface area contributed by atoms with Crippen LogP contribution in [0.15, 0.2) is 18.2 Å². The summed E-state index contributed by atoms with van der Waals surface area (Å²) in [5.74, 6) is -0.203. The Morgan fingerprint density at radius 3 is 2.88 bits per heavy atom. The van der Waals surface area contributed by atoms with Crippen LogP contribution in [-0.4, -0.2) is 18.0 Å². The normalized spacial score (nSPS) is 20.4. The number of nitrogen functional groups attached to an aromatic ring is 1. The van der Waals surface area contributed by atoms with E-state index in [-0.39, 0.29) is 5.82 Å². The van der Waals surface area contributed by atoms with Crippen LogP contribution >= 0.6 is 0 Å². The van der Waals surface area contributed by atoms with Crippen molar-refractivity contribution in [3.63, 3.8) is 0 Å². The van der Waals surface area contributed by atoms with Crippen molar-refractivity contribution in [2.45, 2.75) is 33.2 Å². The maximum atomic E-state index is 13.2. The third-order valence-corrected chi connectivity index (χ3v) is 3.48.